The number of nitrogens with zero attached hydrogens (tertiary/aromatic N) is 1. The molecule has 4 heteroatoms. The van der Waals surface area contributed by atoms with Crippen LogP contribution >= 0.6 is 0 Å². The Balaban J connectivity index is 2.13. The molecule has 2 amide bonds. The number of amides is 2. The normalized spacial score (nSPS) is 30.8. The van der Waals surface area contributed by atoms with Crippen molar-refractivity contribution in [3.8, 4) is 0 Å². The number of hydrogen-bond donors (Lipinski definition) is 1. The summed E-state index contributed by atoms with van der Waals surface area (Å²) < 4.78 is 0. The van der Waals surface area contributed by atoms with Crippen molar-refractivity contribution in [3.63, 3.8) is 0 Å². The number of carbonyl (C=O) groups excluding carboxylic acids is 2. The molecule has 0 radical (unpaired) electrons. The Morgan fingerprint density at radius 1 is 1.35 bits per heavy atom. The Kier molecular flexibility index (Phi) is 3.40. The Hall–Kier alpha value is -1.06. The van der Waals surface area contributed by atoms with Gasteiger partial charge in [-0.15, -0.1) is 0 Å². The maximum atomic E-state index is 12.0. The maximum absolute atomic E-state index is 12.0. The van der Waals surface area contributed by atoms with Crippen molar-refractivity contribution in [2.45, 2.75) is 51.5 Å². The van der Waals surface area contributed by atoms with Gasteiger partial charge in [-0.3, -0.25) is 9.59 Å². The zero-order chi connectivity index (χ0) is 12.5. The van der Waals surface area contributed by atoms with E-state index in [1.807, 2.05) is 18.7 Å². The minimum Gasteiger partial charge on any atom is -0.345 e. The summed E-state index contributed by atoms with van der Waals surface area (Å²) in [5.74, 6) is 0.661. The summed E-state index contributed by atoms with van der Waals surface area (Å²) in [6, 6.07) is 0. The van der Waals surface area contributed by atoms with Gasteiger partial charge in [0.05, 0.1) is 6.54 Å². The summed E-state index contributed by atoms with van der Waals surface area (Å²) in [4.78, 5) is 25.8. The molecule has 0 aromatic carbocycles. The van der Waals surface area contributed by atoms with Crippen LogP contribution in [0.4, 0.5) is 0 Å². The largest absolute Gasteiger partial charge is 0.345 e. The molecule has 1 unspecified atom stereocenters. The highest BCUT2D eigenvalue weighted by Gasteiger charge is 2.44. The molecule has 2 rings (SSSR count). The van der Waals surface area contributed by atoms with Crippen LogP contribution < -0.4 is 5.32 Å². The number of piperazine rings is 1. The molecule has 17 heavy (non-hydrogen) atoms. The van der Waals surface area contributed by atoms with Gasteiger partial charge in [0.1, 0.15) is 5.54 Å². The van der Waals surface area contributed by atoms with Gasteiger partial charge >= 0.3 is 0 Å². The molecule has 1 N–H and O–H groups in total. The van der Waals surface area contributed by atoms with Crippen molar-refractivity contribution in [3.05, 3.63) is 0 Å². The number of nitrogens with one attached hydrogen (secondary N) is 1. The summed E-state index contributed by atoms with van der Waals surface area (Å²) in [5.41, 5.74) is -0.641. The van der Waals surface area contributed by atoms with Crippen LogP contribution in [0.1, 0.15) is 46.0 Å². The molecular formula is C13H22N2O2. The highest BCUT2D eigenvalue weighted by molar-refractivity contribution is 5.97. The summed E-state index contributed by atoms with van der Waals surface area (Å²) in [7, 11) is 0. The number of rotatable bonds is 3. The second-order valence-corrected chi connectivity index (χ2v) is 5.46. The van der Waals surface area contributed by atoms with Crippen molar-refractivity contribution in [1.82, 2.24) is 10.2 Å². The molecule has 4 nitrogen and oxygen atoms in total. The predicted octanol–water partition coefficient (Wildman–Crippen LogP) is 1.30. The lowest BCUT2D eigenvalue weighted by atomic mass is 9.91. The molecular weight excluding hydrogens is 216 g/mol. The summed E-state index contributed by atoms with van der Waals surface area (Å²) in [6.45, 7) is 4.78. The number of carbonyl (C=O) groups is 2. The van der Waals surface area contributed by atoms with E-state index in [9.17, 15) is 9.59 Å². The fourth-order valence-electron chi connectivity index (χ4n) is 2.95. The quantitative estimate of drug-likeness (QED) is 0.805. The molecule has 96 valence electrons. The van der Waals surface area contributed by atoms with Crippen LogP contribution in [-0.2, 0) is 9.59 Å². The minimum absolute atomic E-state index is 0.00223. The van der Waals surface area contributed by atoms with Crippen LogP contribution in [0.5, 0.6) is 0 Å². The van der Waals surface area contributed by atoms with Gasteiger partial charge < -0.3 is 10.2 Å². The Labute approximate surface area is 103 Å². The lowest BCUT2D eigenvalue weighted by Crippen LogP contribution is -2.66. The smallest absolute Gasteiger partial charge is 0.246 e. The molecule has 1 heterocycles. The zero-order valence-corrected chi connectivity index (χ0v) is 10.8. The predicted molar refractivity (Wildman–Crippen MR) is 65.4 cm³/mol. The fourth-order valence-corrected chi connectivity index (χ4v) is 2.95. The van der Waals surface area contributed by atoms with Crippen molar-refractivity contribution in [2.75, 3.05) is 13.1 Å². The van der Waals surface area contributed by atoms with Crippen LogP contribution in [-0.4, -0.2) is 35.3 Å². The average molecular weight is 238 g/mol. The molecule has 0 aromatic rings. The third-order valence-corrected chi connectivity index (χ3v) is 4.39. The highest BCUT2D eigenvalue weighted by Crippen LogP contribution is 2.30. The fraction of sp³-hybridized carbons (Fsp3) is 0.846. The summed E-state index contributed by atoms with van der Waals surface area (Å²) in [5, 5.41) is 2.70. The molecule has 0 aromatic heterocycles. The van der Waals surface area contributed by atoms with E-state index in [1.54, 1.807) is 0 Å². The van der Waals surface area contributed by atoms with Gasteiger partial charge in [-0.2, -0.15) is 0 Å². The van der Waals surface area contributed by atoms with E-state index in [0.717, 1.165) is 6.54 Å². The van der Waals surface area contributed by atoms with E-state index < -0.39 is 5.54 Å². The van der Waals surface area contributed by atoms with E-state index in [4.69, 9.17) is 0 Å². The second kappa shape index (κ2) is 4.67. The molecule has 0 bridgehead atoms. The Morgan fingerprint density at radius 2 is 2.00 bits per heavy atom. The highest BCUT2D eigenvalue weighted by atomic mass is 16.2. The number of hydrogen-bond acceptors (Lipinski definition) is 2. The maximum Gasteiger partial charge on any atom is 0.246 e. The first kappa shape index (κ1) is 12.4. The van der Waals surface area contributed by atoms with Crippen molar-refractivity contribution in [2.24, 2.45) is 5.92 Å². The van der Waals surface area contributed by atoms with Gasteiger partial charge in [-0.05, 0) is 32.1 Å². The van der Waals surface area contributed by atoms with Gasteiger partial charge in [0.2, 0.25) is 11.8 Å². The first-order chi connectivity index (χ1) is 8.08. The van der Waals surface area contributed by atoms with Crippen molar-refractivity contribution < 1.29 is 9.59 Å². The van der Waals surface area contributed by atoms with Crippen molar-refractivity contribution >= 4 is 11.8 Å². The van der Waals surface area contributed by atoms with Crippen molar-refractivity contribution in [1.29, 1.82) is 0 Å². The van der Waals surface area contributed by atoms with Gasteiger partial charge in [0, 0.05) is 6.54 Å². The standard InChI is InChI=1S/C13H22N2O2/c1-3-13(2)12(17)14-8-11(16)15(13)9-10-6-4-5-7-10/h10H,3-9H2,1-2H3,(H,14,17). The molecule has 1 saturated heterocycles. The minimum atomic E-state index is -0.641. The van der Waals surface area contributed by atoms with Crippen LogP contribution in [0.15, 0.2) is 0 Å². The molecule has 1 atom stereocenters. The summed E-state index contributed by atoms with van der Waals surface area (Å²) in [6.07, 6.45) is 5.61. The Morgan fingerprint density at radius 3 is 2.59 bits per heavy atom. The van der Waals surface area contributed by atoms with Crippen LogP contribution in [0.2, 0.25) is 0 Å². The lowest BCUT2D eigenvalue weighted by molar-refractivity contribution is -0.153. The third-order valence-electron chi connectivity index (χ3n) is 4.39. The topological polar surface area (TPSA) is 49.4 Å². The van der Waals surface area contributed by atoms with Crippen LogP contribution in [0.25, 0.3) is 0 Å². The lowest BCUT2D eigenvalue weighted by Gasteiger charge is -2.44. The molecule has 2 fully saturated rings. The van der Waals surface area contributed by atoms with Gasteiger partial charge in [0.15, 0.2) is 0 Å². The Bertz CT molecular complexity index is 323. The first-order valence-corrected chi connectivity index (χ1v) is 6.66. The molecule has 1 aliphatic heterocycles. The van der Waals surface area contributed by atoms with Gasteiger partial charge in [0.25, 0.3) is 0 Å². The van der Waals surface area contributed by atoms with E-state index in [2.05, 4.69) is 5.32 Å². The average Bonchev–Trinajstić information content (AvgIpc) is 2.82. The van der Waals surface area contributed by atoms with E-state index >= 15 is 0 Å². The van der Waals surface area contributed by atoms with E-state index in [0.29, 0.717) is 12.3 Å². The molecule has 0 spiro atoms. The van der Waals surface area contributed by atoms with E-state index in [-0.39, 0.29) is 18.4 Å². The van der Waals surface area contributed by atoms with Crippen LogP contribution in [0, 0.1) is 5.92 Å². The molecule has 1 saturated carbocycles. The van der Waals surface area contributed by atoms with Crippen LogP contribution in [0.3, 0.4) is 0 Å². The molecule has 1 aliphatic carbocycles. The first-order valence-electron chi connectivity index (χ1n) is 6.66. The molecule has 2 aliphatic rings. The third kappa shape index (κ3) is 2.17. The summed E-state index contributed by atoms with van der Waals surface area (Å²) >= 11 is 0. The zero-order valence-electron chi connectivity index (χ0n) is 10.8. The SMILES string of the molecule is CCC1(C)C(=O)NCC(=O)N1CC1CCCC1. The monoisotopic (exact) mass is 238 g/mol. The van der Waals surface area contributed by atoms with Gasteiger partial charge in [-0.25, -0.2) is 0 Å². The van der Waals surface area contributed by atoms with E-state index in [1.165, 1.54) is 25.7 Å². The second-order valence-electron chi connectivity index (χ2n) is 5.46. The van der Waals surface area contributed by atoms with Gasteiger partial charge in [-0.1, -0.05) is 19.8 Å².